The average molecular weight is 161 g/mol. The molecule has 0 spiro atoms. The molecule has 6 heteroatoms. The van der Waals surface area contributed by atoms with Crippen LogP contribution in [0.25, 0.3) is 0 Å². The summed E-state index contributed by atoms with van der Waals surface area (Å²) >= 11 is 0. The fourth-order valence-corrected chi connectivity index (χ4v) is 1.68. The van der Waals surface area contributed by atoms with Crippen LogP contribution in [-0.4, -0.2) is 33.8 Å². The molecule has 0 aromatic rings. The summed E-state index contributed by atoms with van der Waals surface area (Å²) in [5.41, 5.74) is -0.114. The first-order valence-electron chi connectivity index (χ1n) is 3.05. The summed E-state index contributed by atoms with van der Waals surface area (Å²) in [6.07, 6.45) is 0. The Kier molecular flexibility index (Phi) is 1.42. The van der Waals surface area contributed by atoms with E-state index in [0.717, 1.165) is 0 Å². The smallest absolute Gasteiger partial charge is 0.176 e. The van der Waals surface area contributed by atoms with Crippen molar-refractivity contribution in [3.8, 4) is 0 Å². The van der Waals surface area contributed by atoms with Gasteiger partial charge in [0.2, 0.25) is 0 Å². The average Bonchev–Trinajstić information content (AvgIpc) is 2.65. The van der Waals surface area contributed by atoms with Crippen molar-refractivity contribution in [1.29, 1.82) is 0 Å². The molecule has 5 nitrogen and oxygen atoms in total. The maximum Gasteiger partial charge on any atom is 0.176 e. The number of ether oxygens (including phenoxy) is 1. The Morgan fingerprint density at radius 3 is 3.00 bits per heavy atom. The standard InChI is InChI=1S/C4H7N3O2S/c8-10(4-3-9-4)7-2-1-5-6-7/h4H,1-3H2. The third-order valence-corrected chi connectivity index (χ3v) is 2.68. The van der Waals surface area contributed by atoms with E-state index in [1.54, 1.807) is 0 Å². The van der Waals surface area contributed by atoms with Crippen LogP contribution < -0.4 is 0 Å². The lowest BCUT2D eigenvalue weighted by atomic mass is 10.7. The van der Waals surface area contributed by atoms with Crippen LogP contribution in [0.2, 0.25) is 0 Å². The molecule has 0 saturated carbocycles. The maximum absolute atomic E-state index is 11.2. The van der Waals surface area contributed by atoms with Crippen molar-refractivity contribution >= 4 is 11.0 Å². The minimum Gasteiger partial charge on any atom is -0.357 e. The first kappa shape index (κ1) is 6.23. The van der Waals surface area contributed by atoms with E-state index in [-0.39, 0.29) is 5.44 Å². The quantitative estimate of drug-likeness (QED) is 0.521. The lowest BCUT2D eigenvalue weighted by Crippen LogP contribution is -2.22. The maximum atomic E-state index is 11.2. The second-order valence-electron chi connectivity index (χ2n) is 2.07. The fourth-order valence-electron chi connectivity index (χ4n) is 0.708. The molecule has 56 valence electrons. The van der Waals surface area contributed by atoms with Gasteiger partial charge in [-0.1, -0.05) is 5.22 Å². The molecule has 2 unspecified atom stereocenters. The van der Waals surface area contributed by atoms with E-state index in [4.69, 9.17) is 4.74 Å². The van der Waals surface area contributed by atoms with Crippen molar-refractivity contribution in [2.75, 3.05) is 19.7 Å². The molecule has 10 heavy (non-hydrogen) atoms. The third-order valence-electron chi connectivity index (χ3n) is 1.29. The van der Waals surface area contributed by atoms with Gasteiger partial charge in [0.05, 0.1) is 19.7 Å². The summed E-state index contributed by atoms with van der Waals surface area (Å²) in [5, 5.41) is 7.37. The van der Waals surface area contributed by atoms with Gasteiger partial charge in [-0.05, 0) is 0 Å². The Hall–Kier alpha value is -0.490. The Labute approximate surface area is 60.6 Å². The van der Waals surface area contributed by atoms with Crippen LogP contribution in [0.3, 0.4) is 0 Å². The van der Waals surface area contributed by atoms with E-state index in [0.29, 0.717) is 19.7 Å². The van der Waals surface area contributed by atoms with Crippen molar-refractivity contribution in [2.45, 2.75) is 5.44 Å². The van der Waals surface area contributed by atoms with Crippen LogP contribution >= 0.6 is 0 Å². The van der Waals surface area contributed by atoms with Gasteiger partial charge in [0.25, 0.3) is 0 Å². The van der Waals surface area contributed by atoms with Crippen molar-refractivity contribution in [2.24, 2.45) is 10.3 Å². The van der Waals surface area contributed by atoms with Gasteiger partial charge in [-0.15, -0.1) is 0 Å². The highest BCUT2D eigenvalue weighted by atomic mass is 32.2. The molecule has 2 rings (SSSR count). The van der Waals surface area contributed by atoms with Gasteiger partial charge >= 0.3 is 0 Å². The van der Waals surface area contributed by atoms with E-state index in [1.165, 1.54) is 4.41 Å². The normalized spacial score (nSPS) is 32.8. The monoisotopic (exact) mass is 161 g/mol. The summed E-state index contributed by atoms with van der Waals surface area (Å²) in [7, 11) is -1.09. The van der Waals surface area contributed by atoms with Crippen molar-refractivity contribution in [3.63, 3.8) is 0 Å². The summed E-state index contributed by atoms with van der Waals surface area (Å²) in [4.78, 5) is 0. The minimum atomic E-state index is -1.09. The molecule has 0 aliphatic carbocycles. The number of hydrogen-bond donors (Lipinski definition) is 0. The van der Waals surface area contributed by atoms with Gasteiger partial charge in [-0.3, -0.25) is 0 Å². The SMILES string of the molecule is O=S(C1CO1)N1CCN=N1. The molecular formula is C4H7N3O2S. The molecule has 1 fully saturated rings. The van der Waals surface area contributed by atoms with Crippen LogP contribution in [0.1, 0.15) is 0 Å². The first-order valence-corrected chi connectivity index (χ1v) is 4.22. The Morgan fingerprint density at radius 2 is 2.50 bits per heavy atom. The van der Waals surface area contributed by atoms with Gasteiger partial charge in [-0.2, -0.15) is 9.53 Å². The molecule has 2 atom stereocenters. The summed E-state index contributed by atoms with van der Waals surface area (Å²) in [6.45, 7) is 1.91. The molecule has 0 aromatic heterocycles. The topological polar surface area (TPSA) is 57.6 Å². The number of hydrogen-bond acceptors (Lipinski definition) is 4. The van der Waals surface area contributed by atoms with E-state index >= 15 is 0 Å². The minimum absolute atomic E-state index is 0.114. The van der Waals surface area contributed by atoms with E-state index in [2.05, 4.69) is 10.3 Å². The van der Waals surface area contributed by atoms with Crippen LogP contribution in [0.5, 0.6) is 0 Å². The molecule has 2 aliphatic rings. The van der Waals surface area contributed by atoms with Gasteiger partial charge < -0.3 is 4.74 Å². The molecule has 2 heterocycles. The highest BCUT2D eigenvalue weighted by Crippen LogP contribution is 2.18. The van der Waals surface area contributed by atoms with E-state index < -0.39 is 11.0 Å². The largest absolute Gasteiger partial charge is 0.357 e. The number of epoxide rings is 1. The summed E-state index contributed by atoms with van der Waals surface area (Å²) in [6, 6.07) is 0. The summed E-state index contributed by atoms with van der Waals surface area (Å²) < 4.78 is 17.5. The van der Waals surface area contributed by atoms with Crippen LogP contribution in [0.15, 0.2) is 10.3 Å². The van der Waals surface area contributed by atoms with E-state index in [9.17, 15) is 4.21 Å². The molecule has 1 saturated heterocycles. The molecule has 0 amide bonds. The van der Waals surface area contributed by atoms with E-state index in [1.807, 2.05) is 0 Å². The van der Waals surface area contributed by atoms with Crippen molar-refractivity contribution in [1.82, 2.24) is 4.41 Å². The molecule has 0 radical (unpaired) electrons. The first-order chi connectivity index (χ1) is 4.88. The lowest BCUT2D eigenvalue weighted by Gasteiger charge is -2.06. The van der Waals surface area contributed by atoms with Gasteiger partial charge in [0.15, 0.2) is 16.4 Å². The van der Waals surface area contributed by atoms with Crippen molar-refractivity contribution in [3.05, 3.63) is 0 Å². The highest BCUT2D eigenvalue weighted by molar-refractivity contribution is 7.83. The number of rotatable bonds is 2. The Bertz CT molecular complexity index is 191. The van der Waals surface area contributed by atoms with Crippen LogP contribution in [0.4, 0.5) is 0 Å². The number of nitrogens with zero attached hydrogens (tertiary/aromatic N) is 3. The zero-order valence-corrected chi connectivity index (χ0v) is 6.08. The fraction of sp³-hybridized carbons (Fsp3) is 1.00. The predicted octanol–water partition coefficient (Wildman–Crippen LogP) is -0.311. The third kappa shape index (κ3) is 1.04. The highest BCUT2D eigenvalue weighted by Gasteiger charge is 2.34. The Morgan fingerprint density at radius 1 is 1.70 bits per heavy atom. The van der Waals surface area contributed by atoms with Gasteiger partial charge in [-0.25, -0.2) is 4.21 Å². The van der Waals surface area contributed by atoms with Crippen molar-refractivity contribution < 1.29 is 8.95 Å². The van der Waals surface area contributed by atoms with Crippen LogP contribution in [0, 0.1) is 0 Å². The second kappa shape index (κ2) is 2.28. The predicted molar refractivity (Wildman–Crippen MR) is 34.3 cm³/mol. The zero-order chi connectivity index (χ0) is 6.97. The van der Waals surface area contributed by atoms with Crippen LogP contribution in [-0.2, 0) is 15.7 Å². The molecule has 2 aliphatic heterocycles. The van der Waals surface area contributed by atoms with Gasteiger partial charge in [0, 0.05) is 0 Å². The lowest BCUT2D eigenvalue weighted by molar-refractivity contribution is 0.436. The Balaban J connectivity index is 1.96. The second-order valence-corrected chi connectivity index (χ2v) is 3.57. The zero-order valence-electron chi connectivity index (χ0n) is 5.27. The molecule has 0 N–H and O–H groups in total. The summed E-state index contributed by atoms with van der Waals surface area (Å²) in [5.74, 6) is 0. The molecule has 0 aromatic carbocycles. The molecule has 0 bridgehead atoms. The molecular weight excluding hydrogens is 154 g/mol. The van der Waals surface area contributed by atoms with Gasteiger partial charge in [0.1, 0.15) is 0 Å².